The number of nitrogens with two attached hydrogens (primary N) is 1. The normalized spacial score (nSPS) is 15.3. The van der Waals surface area contributed by atoms with Gasteiger partial charge in [0.25, 0.3) is 5.91 Å². The van der Waals surface area contributed by atoms with E-state index in [2.05, 4.69) is 11.4 Å². The van der Waals surface area contributed by atoms with Crippen LogP contribution in [-0.4, -0.2) is 11.6 Å². The van der Waals surface area contributed by atoms with Crippen molar-refractivity contribution >= 4 is 40.0 Å². The molecule has 134 valence electrons. The fraction of sp³-hybridized carbons (Fsp3) is 0.182. The van der Waals surface area contributed by atoms with Crippen LogP contribution in [0, 0.1) is 5.92 Å². The Bertz CT molecular complexity index is 1070. The van der Waals surface area contributed by atoms with Crippen LogP contribution in [0.25, 0.3) is 10.4 Å². The second kappa shape index (κ2) is 6.35. The Balaban J connectivity index is 1.40. The van der Waals surface area contributed by atoms with Crippen LogP contribution in [0.2, 0.25) is 0 Å². The van der Waals surface area contributed by atoms with Crippen LogP contribution < -0.4 is 11.1 Å². The number of fused-ring (bicyclic) bond motifs is 1. The summed E-state index contributed by atoms with van der Waals surface area (Å²) in [6.07, 6.45) is 3.43. The van der Waals surface area contributed by atoms with Gasteiger partial charge >= 0.3 is 0 Å². The van der Waals surface area contributed by atoms with Gasteiger partial charge in [0.2, 0.25) is 0 Å². The number of rotatable bonds is 4. The van der Waals surface area contributed by atoms with Crippen LogP contribution in [-0.2, 0) is 6.42 Å². The fourth-order valence-electron chi connectivity index (χ4n) is 3.46. The SMILES string of the molecule is Nc1ccc(-c2cccs2)cc1NC(=O)c1ccc2c(c1)N=C(C1CC1)C2. The highest BCUT2D eigenvalue weighted by Gasteiger charge is 2.30. The largest absolute Gasteiger partial charge is 0.397 e. The van der Waals surface area contributed by atoms with Gasteiger partial charge in [0.15, 0.2) is 0 Å². The van der Waals surface area contributed by atoms with Crippen molar-refractivity contribution < 1.29 is 4.79 Å². The van der Waals surface area contributed by atoms with Gasteiger partial charge in [-0.25, -0.2) is 0 Å². The van der Waals surface area contributed by atoms with Crippen molar-refractivity contribution in [1.29, 1.82) is 0 Å². The maximum Gasteiger partial charge on any atom is 0.255 e. The smallest absolute Gasteiger partial charge is 0.255 e. The standard InChI is InChI=1S/C22H19N3OS/c23-17-8-7-15(21-2-1-9-27-21)11-20(17)25-22(26)16-6-5-14-10-18(13-3-4-13)24-19(14)12-16/h1-2,5-9,11-13H,3-4,10,23H2,(H,25,26). The van der Waals surface area contributed by atoms with E-state index in [9.17, 15) is 4.79 Å². The van der Waals surface area contributed by atoms with E-state index in [-0.39, 0.29) is 5.91 Å². The second-order valence-corrected chi connectivity index (χ2v) is 8.08. The Morgan fingerprint density at radius 1 is 1.15 bits per heavy atom. The summed E-state index contributed by atoms with van der Waals surface area (Å²) in [5, 5.41) is 4.99. The minimum Gasteiger partial charge on any atom is -0.397 e. The summed E-state index contributed by atoms with van der Waals surface area (Å²) in [6, 6.07) is 15.6. The van der Waals surface area contributed by atoms with Crippen molar-refractivity contribution in [2.24, 2.45) is 10.9 Å². The topological polar surface area (TPSA) is 67.5 Å². The second-order valence-electron chi connectivity index (χ2n) is 7.13. The Hall–Kier alpha value is -2.92. The lowest BCUT2D eigenvalue weighted by atomic mass is 10.0. The van der Waals surface area contributed by atoms with Gasteiger partial charge in [-0.05, 0) is 65.6 Å². The average molecular weight is 373 g/mol. The van der Waals surface area contributed by atoms with Crippen LogP contribution in [0.1, 0.15) is 28.8 Å². The van der Waals surface area contributed by atoms with E-state index < -0.39 is 0 Å². The number of amides is 1. The Kier molecular flexibility index (Phi) is 3.83. The molecule has 1 aromatic heterocycles. The summed E-state index contributed by atoms with van der Waals surface area (Å²) in [4.78, 5) is 18.7. The lowest BCUT2D eigenvalue weighted by Gasteiger charge is -2.10. The summed E-state index contributed by atoms with van der Waals surface area (Å²) >= 11 is 1.66. The molecule has 0 spiro atoms. The van der Waals surface area contributed by atoms with Crippen LogP contribution in [0.3, 0.4) is 0 Å². The Morgan fingerprint density at radius 2 is 2.04 bits per heavy atom. The molecular formula is C22H19N3OS. The van der Waals surface area contributed by atoms with Gasteiger partial charge in [0.05, 0.1) is 17.1 Å². The summed E-state index contributed by atoms with van der Waals surface area (Å²) in [6.45, 7) is 0. The van der Waals surface area contributed by atoms with Crippen LogP contribution in [0.15, 0.2) is 58.9 Å². The van der Waals surface area contributed by atoms with Crippen LogP contribution >= 0.6 is 11.3 Å². The summed E-state index contributed by atoms with van der Waals surface area (Å²) < 4.78 is 0. The van der Waals surface area contributed by atoms with Gasteiger partial charge in [-0.15, -0.1) is 11.3 Å². The molecule has 2 heterocycles. The summed E-state index contributed by atoms with van der Waals surface area (Å²) in [5.74, 6) is 0.498. The minimum absolute atomic E-state index is 0.164. The predicted octanol–water partition coefficient (Wildman–Crippen LogP) is 5.29. The summed E-state index contributed by atoms with van der Waals surface area (Å²) in [5.41, 5.74) is 12.3. The number of aliphatic imine (C=N–C) groups is 1. The molecule has 2 aliphatic rings. The number of carbonyl (C=O) groups excluding carboxylic acids is 1. The van der Waals surface area contributed by atoms with Crippen LogP contribution in [0.4, 0.5) is 17.1 Å². The number of hydrogen-bond acceptors (Lipinski definition) is 4. The number of nitrogen functional groups attached to an aromatic ring is 1. The quantitative estimate of drug-likeness (QED) is 0.610. The maximum atomic E-state index is 12.8. The third-order valence-corrected chi connectivity index (χ3v) is 6.06. The molecule has 1 saturated carbocycles. The van der Waals surface area contributed by atoms with Crippen molar-refractivity contribution in [2.45, 2.75) is 19.3 Å². The molecule has 27 heavy (non-hydrogen) atoms. The van der Waals surface area contributed by atoms with E-state index in [4.69, 9.17) is 10.7 Å². The molecule has 4 nitrogen and oxygen atoms in total. The molecule has 1 amide bonds. The first kappa shape index (κ1) is 16.3. The van der Waals surface area contributed by atoms with Crippen molar-refractivity contribution in [3.8, 4) is 10.4 Å². The van der Waals surface area contributed by atoms with E-state index in [1.165, 1.54) is 24.1 Å². The first-order chi connectivity index (χ1) is 13.2. The molecule has 1 aliphatic carbocycles. The maximum absolute atomic E-state index is 12.8. The van der Waals surface area contributed by atoms with E-state index >= 15 is 0 Å². The number of benzene rings is 2. The lowest BCUT2D eigenvalue weighted by molar-refractivity contribution is 0.102. The van der Waals surface area contributed by atoms with Gasteiger partial charge in [0, 0.05) is 22.6 Å². The van der Waals surface area contributed by atoms with E-state index in [1.807, 2.05) is 47.8 Å². The average Bonchev–Trinajstić information content (AvgIpc) is 3.21. The zero-order valence-electron chi connectivity index (χ0n) is 14.7. The molecule has 0 bridgehead atoms. The predicted molar refractivity (Wildman–Crippen MR) is 112 cm³/mol. The highest BCUT2D eigenvalue weighted by molar-refractivity contribution is 7.13. The third-order valence-electron chi connectivity index (χ3n) is 5.14. The number of thiophene rings is 1. The third kappa shape index (κ3) is 3.15. The minimum atomic E-state index is -0.164. The molecule has 5 heteroatoms. The van der Waals surface area contributed by atoms with Crippen molar-refractivity contribution in [3.63, 3.8) is 0 Å². The molecule has 0 radical (unpaired) electrons. The molecule has 5 rings (SSSR count). The number of hydrogen-bond donors (Lipinski definition) is 2. The van der Waals surface area contributed by atoms with Crippen molar-refractivity contribution in [3.05, 3.63) is 65.0 Å². The molecule has 0 saturated heterocycles. The molecule has 0 atom stereocenters. The highest BCUT2D eigenvalue weighted by atomic mass is 32.1. The molecule has 3 aromatic rings. The summed E-state index contributed by atoms with van der Waals surface area (Å²) in [7, 11) is 0. The van der Waals surface area contributed by atoms with Gasteiger partial charge in [-0.1, -0.05) is 18.2 Å². The first-order valence-corrected chi connectivity index (χ1v) is 10.0. The van der Waals surface area contributed by atoms with E-state index in [0.717, 1.165) is 22.5 Å². The first-order valence-electron chi connectivity index (χ1n) is 9.12. The lowest BCUT2D eigenvalue weighted by Crippen LogP contribution is -2.13. The number of nitrogens with zero attached hydrogens (tertiary/aromatic N) is 1. The zero-order valence-corrected chi connectivity index (χ0v) is 15.6. The van der Waals surface area contributed by atoms with Gasteiger partial charge in [-0.3, -0.25) is 9.79 Å². The number of anilines is 2. The molecule has 3 N–H and O–H groups in total. The van der Waals surface area contributed by atoms with Crippen LogP contribution in [0.5, 0.6) is 0 Å². The van der Waals surface area contributed by atoms with Gasteiger partial charge in [-0.2, -0.15) is 0 Å². The highest BCUT2D eigenvalue weighted by Crippen LogP contribution is 2.38. The number of carbonyl (C=O) groups is 1. The van der Waals surface area contributed by atoms with Gasteiger partial charge < -0.3 is 11.1 Å². The molecule has 2 aromatic carbocycles. The Labute approximate surface area is 161 Å². The van der Waals surface area contributed by atoms with E-state index in [0.29, 0.717) is 22.9 Å². The molecule has 1 aliphatic heterocycles. The fourth-order valence-corrected chi connectivity index (χ4v) is 4.18. The van der Waals surface area contributed by atoms with Crippen molar-refractivity contribution in [2.75, 3.05) is 11.1 Å². The molecular weight excluding hydrogens is 354 g/mol. The van der Waals surface area contributed by atoms with E-state index in [1.54, 1.807) is 11.3 Å². The Morgan fingerprint density at radius 3 is 2.81 bits per heavy atom. The number of nitrogens with one attached hydrogen (secondary N) is 1. The van der Waals surface area contributed by atoms with Crippen molar-refractivity contribution in [1.82, 2.24) is 0 Å². The zero-order chi connectivity index (χ0) is 18.4. The monoisotopic (exact) mass is 373 g/mol. The van der Waals surface area contributed by atoms with Gasteiger partial charge in [0.1, 0.15) is 0 Å². The molecule has 0 unspecified atom stereocenters. The molecule has 1 fully saturated rings.